The zero-order valence-corrected chi connectivity index (χ0v) is 13.1. The van der Waals surface area contributed by atoms with Gasteiger partial charge in [-0.2, -0.15) is 5.10 Å². The summed E-state index contributed by atoms with van der Waals surface area (Å²) in [6.07, 6.45) is 6.30. The zero-order chi connectivity index (χ0) is 14.8. The number of alkyl halides is 1. The Morgan fingerprint density at radius 2 is 2.19 bits per heavy atom. The molecule has 5 nitrogen and oxygen atoms in total. The fraction of sp³-hybridized carbons (Fsp3) is 0.357. The molecule has 7 heteroatoms. The summed E-state index contributed by atoms with van der Waals surface area (Å²) in [4.78, 5) is 8.94. The normalized spacial score (nSPS) is 12.9. The van der Waals surface area contributed by atoms with Crippen LogP contribution in [0.3, 0.4) is 0 Å². The van der Waals surface area contributed by atoms with Gasteiger partial charge >= 0.3 is 0 Å². The third kappa shape index (κ3) is 3.04. The second kappa shape index (κ2) is 6.03. The van der Waals surface area contributed by atoms with Gasteiger partial charge in [0.2, 0.25) is 0 Å². The van der Waals surface area contributed by atoms with E-state index in [1.807, 2.05) is 29.9 Å². The van der Waals surface area contributed by atoms with E-state index in [-0.39, 0.29) is 5.38 Å². The van der Waals surface area contributed by atoms with E-state index >= 15 is 0 Å². The van der Waals surface area contributed by atoms with Gasteiger partial charge in [0.25, 0.3) is 0 Å². The first-order chi connectivity index (χ1) is 10.1. The molecule has 1 atom stereocenters. The molecule has 110 valence electrons. The smallest absolute Gasteiger partial charge is 0.160 e. The number of imidazole rings is 1. The van der Waals surface area contributed by atoms with Crippen LogP contribution in [0, 0.1) is 0 Å². The van der Waals surface area contributed by atoms with Crippen LogP contribution in [0.15, 0.2) is 30.7 Å². The summed E-state index contributed by atoms with van der Waals surface area (Å²) >= 11 is 12.2. The van der Waals surface area contributed by atoms with Crippen LogP contribution in [0.25, 0.3) is 11.2 Å². The molecule has 0 N–H and O–H groups in total. The molecule has 3 rings (SSSR count). The molecule has 0 aliphatic rings. The molecular formula is C14H15Cl2N5. The van der Waals surface area contributed by atoms with Crippen molar-refractivity contribution in [2.75, 3.05) is 0 Å². The molecule has 0 aliphatic carbocycles. The number of rotatable bonds is 5. The van der Waals surface area contributed by atoms with Gasteiger partial charge in [-0.3, -0.25) is 4.68 Å². The van der Waals surface area contributed by atoms with Crippen LogP contribution in [0.2, 0.25) is 5.02 Å². The Balaban J connectivity index is 1.86. The summed E-state index contributed by atoms with van der Waals surface area (Å²) < 4.78 is 3.97. The highest BCUT2D eigenvalue weighted by Gasteiger charge is 2.15. The van der Waals surface area contributed by atoms with Crippen molar-refractivity contribution in [3.8, 4) is 0 Å². The molecule has 1 unspecified atom stereocenters. The average molecular weight is 324 g/mol. The number of hydrogen-bond donors (Lipinski definition) is 0. The van der Waals surface area contributed by atoms with Gasteiger partial charge in [-0.05, 0) is 25.5 Å². The van der Waals surface area contributed by atoms with Crippen LogP contribution in [0.4, 0.5) is 0 Å². The summed E-state index contributed by atoms with van der Waals surface area (Å²) in [5.41, 5.74) is 1.60. The van der Waals surface area contributed by atoms with E-state index in [1.54, 1.807) is 12.4 Å². The minimum absolute atomic E-state index is 0.178. The third-order valence-electron chi connectivity index (χ3n) is 3.27. The first-order valence-corrected chi connectivity index (χ1v) is 7.60. The van der Waals surface area contributed by atoms with Gasteiger partial charge in [-0.1, -0.05) is 11.6 Å². The van der Waals surface area contributed by atoms with E-state index in [0.717, 1.165) is 36.5 Å². The lowest BCUT2D eigenvalue weighted by atomic mass is 10.3. The molecule has 0 spiro atoms. The van der Waals surface area contributed by atoms with E-state index in [4.69, 9.17) is 23.2 Å². The zero-order valence-electron chi connectivity index (χ0n) is 11.6. The Labute approximate surface area is 132 Å². The van der Waals surface area contributed by atoms with Gasteiger partial charge in [0.05, 0.1) is 10.4 Å². The molecule has 21 heavy (non-hydrogen) atoms. The Morgan fingerprint density at radius 1 is 1.33 bits per heavy atom. The molecule has 0 saturated carbocycles. The summed E-state index contributed by atoms with van der Waals surface area (Å²) in [6, 6.07) is 3.74. The maximum atomic E-state index is 6.24. The van der Waals surface area contributed by atoms with E-state index in [1.165, 1.54) is 0 Å². The van der Waals surface area contributed by atoms with Crippen LogP contribution < -0.4 is 0 Å². The predicted octanol–water partition coefficient (Wildman–Crippen LogP) is 3.67. The molecule has 3 heterocycles. The monoisotopic (exact) mass is 323 g/mol. The van der Waals surface area contributed by atoms with Crippen LogP contribution in [-0.2, 0) is 13.1 Å². The van der Waals surface area contributed by atoms with Crippen molar-refractivity contribution in [3.05, 3.63) is 41.6 Å². The Hall–Kier alpha value is -1.59. The van der Waals surface area contributed by atoms with Crippen LogP contribution in [0.1, 0.15) is 24.5 Å². The lowest BCUT2D eigenvalue weighted by Gasteiger charge is -2.10. The number of aromatic nitrogens is 5. The van der Waals surface area contributed by atoms with Crippen molar-refractivity contribution in [2.24, 2.45) is 0 Å². The van der Waals surface area contributed by atoms with Gasteiger partial charge in [0.1, 0.15) is 11.3 Å². The van der Waals surface area contributed by atoms with Crippen LogP contribution in [-0.4, -0.2) is 24.3 Å². The van der Waals surface area contributed by atoms with E-state index in [2.05, 4.69) is 19.6 Å². The molecular weight excluding hydrogens is 309 g/mol. The van der Waals surface area contributed by atoms with Gasteiger partial charge in [0.15, 0.2) is 5.65 Å². The van der Waals surface area contributed by atoms with Gasteiger partial charge in [0, 0.05) is 31.7 Å². The molecule has 3 aromatic heterocycles. The number of aryl methyl sites for hydroxylation is 2. The standard InChI is InChI=1S/C14H15Cl2N5/c1-10(15)13-19-12-8-11(16)9-17-14(12)21(13)7-3-6-20-5-2-4-18-20/h2,4-5,8-10H,3,6-7H2,1H3. The summed E-state index contributed by atoms with van der Waals surface area (Å²) in [7, 11) is 0. The SMILES string of the molecule is CC(Cl)c1nc2cc(Cl)cnc2n1CCCn1cccn1. The molecule has 0 saturated heterocycles. The van der Waals surface area contributed by atoms with Crippen molar-refractivity contribution in [1.29, 1.82) is 0 Å². The van der Waals surface area contributed by atoms with Gasteiger partial charge < -0.3 is 4.57 Å². The summed E-state index contributed by atoms with van der Waals surface area (Å²) in [5, 5.41) is 4.60. The first kappa shape index (κ1) is 14.4. The maximum absolute atomic E-state index is 6.24. The summed E-state index contributed by atoms with van der Waals surface area (Å²) in [5.74, 6) is 0.821. The molecule has 0 radical (unpaired) electrons. The molecule has 0 aromatic carbocycles. The lowest BCUT2D eigenvalue weighted by Crippen LogP contribution is -2.08. The second-order valence-corrected chi connectivity index (χ2v) is 5.95. The Kier molecular flexibility index (Phi) is 4.12. The van der Waals surface area contributed by atoms with Crippen molar-refractivity contribution >= 4 is 34.4 Å². The fourth-order valence-corrected chi connectivity index (χ4v) is 2.67. The molecule has 3 aromatic rings. The van der Waals surface area contributed by atoms with Crippen molar-refractivity contribution < 1.29 is 0 Å². The highest BCUT2D eigenvalue weighted by Crippen LogP contribution is 2.25. The van der Waals surface area contributed by atoms with Crippen molar-refractivity contribution in [3.63, 3.8) is 0 Å². The van der Waals surface area contributed by atoms with E-state index in [9.17, 15) is 0 Å². The highest BCUT2D eigenvalue weighted by molar-refractivity contribution is 6.31. The quantitative estimate of drug-likeness (QED) is 0.673. The number of hydrogen-bond acceptors (Lipinski definition) is 3. The Morgan fingerprint density at radius 3 is 2.90 bits per heavy atom. The van der Waals surface area contributed by atoms with Crippen molar-refractivity contribution in [1.82, 2.24) is 24.3 Å². The van der Waals surface area contributed by atoms with Crippen molar-refractivity contribution in [2.45, 2.75) is 31.8 Å². The van der Waals surface area contributed by atoms with Crippen LogP contribution >= 0.6 is 23.2 Å². The first-order valence-electron chi connectivity index (χ1n) is 6.78. The molecule has 0 aliphatic heterocycles. The molecule has 0 fully saturated rings. The third-order valence-corrected chi connectivity index (χ3v) is 3.67. The number of nitrogens with zero attached hydrogens (tertiary/aromatic N) is 5. The van der Waals surface area contributed by atoms with Gasteiger partial charge in [-0.25, -0.2) is 9.97 Å². The number of halogens is 2. The van der Waals surface area contributed by atoms with E-state index < -0.39 is 0 Å². The maximum Gasteiger partial charge on any atom is 0.160 e. The number of fused-ring (bicyclic) bond motifs is 1. The van der Waals surface area contributed by atoms with Crippen LogP contribution in [0.5, 0.6) is 0 Å². The average Bonchev–Trinajstić information content (AvgIpc) is 3.06. The lowest BCUT2D eigenvalue weighted by molar-refractivity contribution is 0.521. The minimum atomic E-state index is -0.178. The summed E-state index contributed by atoms with van der Waals surface area (Å²) in [6.45, 7) is 3.54. The topological polar surface area (TPSA) is 48.5 Å². The Bertz CT molecular complexity index is 733. The van der Waals surface area contributed by atoms with E-state index in [0.29, 0.717) is 5.02 Å². The largest absolute Gasteiger partial charge is 0.311 e. The predicted molar refractivity (Wildman–Crippen MR) is 83.7 cm³/mol. The molecule has 0 amide bonds. The molecule has 0 bridgehead atoms. The highest BCUT2D eigenvalue weighted by atomic mass is 35.5. The minimum Gasteiger partial charge on any atom is -0.311 e. The fourth-order valence-electron chi connectivity index (χ4n) is 2.35. The second-order valence-electron chi connectivity index (χ2n) is 4.86. The number of pyridine rings is 1. The van der Waals surface area contributed by atoms with Gasteiger partial charge in [-0.15, -0.1) is 11.6 Å².